The fourth-order valence-electron chi connectivity index (χ4n) is 1.39. The summed E-state index contributed by atoms with van der Waals surface area (Å²) >= 11 is 0. The summed E-state index contributed by atoms with van der Waals surface area (Å²) in [4.78, 5) is 10.4. The smallest absolute Gasteiger partial charge is 0.316 e. The van der Waals surface area contributed by atoms with Crippen molar-refractivity contribution in [1.82, 2.24) is 5.32 Å². The predicted molar refractivity (Wildman–Crippen MR) is 60.9 cm³/mol. The highest BCUT2D eigenvalue weighted by Crippen LogP contribution is 2.15. The van der Waals surface area contributed by atoms with Gasteiger partial charge in [0.05, 0.1) is 4.91 Å². The number of allylic oxidation sites excluding steroid dienone is 3. The molecule has 0 saturated heterocycles. The Balaban J connectivity index is 2.22. The van der Waals surface area contributed by atoms with Crippen LogP contribution in [0.3, 0.4) is 0 Å². The van der Waals surface area contributed by atoms with E-state index in [2.05, 4.69) is 5.32 Å². The monoisotopic (exact) mass is 215 g/mol. The molecular weight excluding hydrogens is 204 g/mol. The first kappa shape index (κ1) is 10.2. The number of hydrogen-bond acceptors (Lipinski definition) is 2. The Morgan fingerprint density at radius 2 is 1.75 bits per heavy atom. The number of dihydropyridines is 1. The molecule has 0 fully saturated rings. The van der Waals surface area contributed by atoms with Crippen molar-refractivity contribution >= 4 is 11.8 Å². The van der Waals surface area contributed by atoms with Crippen molar-refractivity contribution in [3.63, 3.8) is 0 Å². The van der Waals surface area contributed by atoms with Gasteiger partial charge in [0.1, 0.15) is 0 Å². The molecule has 80 valence electrons. The van der Waals surface area contributed by atoms with E-state index >= 15 is 0 Å². The average molecular weight is 215 g/mol. The van der Waals surface area contributed by atoms with Crippen molar-refractivity contribution in [3.8, 4) is 0 Å². The predicted octanol–water partition coefficient (Wildman–Crippen LogP) is 2.50. The summed E-state index contributed by atoms with van der Waals surface area (Å²) in [7, 11) is 0. The molecule has 0 spiro atoms. The summed E-state index contributed by atoms with van der Waals surface area (Å²) in [5.74, 6) is 0. The van der Waals surface area contributed by atoms with E-state index in [0.29, 0.717) is 0 Å². The van der Waals surface area contributed by atoms with Gasteiger partial charge in [-0.3, -0.25) is 0 Å². The molecule has 1 aromatic carbocycles. The maximum absolute atomic E-state index is 10.6. The van der Waals surface area contributed by atoms with Crippen LogP contribution in [0.4, 0.5) is 5.69 Å². The van der Waals surface area contributed by atoms with Gasteiger partial charge in [-0.05, 0) is 41.5 Å². The van der Waals surface area contributed by atoms with Crippen LogP contribution in [0.15, 0.2) is 54.4 Å². The molecule has 1 aromatic rings. The summed E-state index contributed by atoms with van der Waals surface area (Å²) in [5, 5.41) is 11.6. The minimum atomic E-state index is -0.152. The standard InChI is InChI=1S/C12H11N2O2/c15-14(16)12-3-1-10(2-4-12)9-11-5-7-13-8-6-11/h1-9,13H,(H,15,16)/q+1. The molecule has 0 bridgehead atoms. The Hall–Kier alpha value is -2.36. The van der Waals surface area contributed by atoms with E-state index in [9.17, 15) is 4.91 Å². The summed E-state index contributed by atoms with van der Waals surface area (Å²) in [6, 6.07) is 6.67. The second kappa shape index (κ2) is 4.44. The van der Waals surface area contributed by atoms with Gasteiger partial charge in [0.25, 0.3) is 4.92 Å². The Bertz CT molecular complexity index is 470. The van der Waals surface area contributed by atoms with Crippen LogP contribution in [0.25, 0.3) is 6.08 Å². The Morgan fingerprint density at radius 1 is 1.12 bits per heavy atom. The largest absolute Gasteiger partial charge is 0.368 e. The van der Waals surface area contributed by atoms with Gasteiger partial charge in [-0.15, -0.1) is 0 Å². The van der Waals surface area contributed by atoms with Crippen LogP contribution >= 0.6 is 0 Å². The highest BCUT2D eigenvalue weighted by atomic mass is 16.6. The van der Waals surface area contributed by atoms with Crippen LogP contribution in [0, 0.1) is 4.91 Å². The van der Waals surface area contributed by atoms with Crippen molar-refractivity contribution < 1.29 is 10.1 Å². The normalized spacial score (nSPS) is 13.4. The molecule has 0 radical (unpaired) electrons. The molecule has 16 heavy (non-hydrogen) atoms. The minimum Gasteiger partial charge on any atom is -0.368 e. The van der Waals surface area contributed by atoms with E-state index in [0.717, 1.165) is 11.1 Å². The number of benzene rings is 1. The second-order valence-electron chi connectivity index (χ2n) is 3.34. The van der Waals surface area contributed by atoms with Crippen molar-refractivity contribution in [2.24, 2.45) is 0 Å². The zero-order valence-corrected chi connectivity index (χ0v) is 8.50. The van der Waals surface area contributed by atoms with Crippen LogP contribution in [0.2, 0.25) is 0 Å². The van der Waals surface area contributed by atoms with Gasteiger partial charge in [0.2, 0.25) is 0 Å². The molecule has 2 rings (SSSR count). The Morgan fingerprint density at radius 3 is 2.31 bits per heavy atom. The SMILES string of the molecule is O=[N+](O)c1ccc(C=C2C=CNC=C2)cc1. The van der Waals surface area contributed by atoms with Crippen LogP contribution in [-0.2, 0) is 0 Å². The fourth-order valence-corrected chi connectivity index (χ4v) is 1.39. The summed E-state index contributed by atoms with van der Waals surface area (Å²) in [6.45, 7) is 0. The van der Waals surface area contributed by atoms with Crippen molar-refractivity contribution in [2.45, 2.75) is 0 Å². The van der Waals surface area contributed by atoms with Crippen molar-refractivity contribution in [2.75, 3.05) is 0 Å². The summed E-state index contributed by atoms with van der Waals surface area (Å²) in [6.07, 6.45) is 9.55. The van der Waals surface area contributed by atoms with Gasteiger partial charge in [-0.2, -0.15) is 0 Å². The second-order valence-corrected chi connectivity index (χ2v) is 3.34. The molecule has 2 N–H and O–H groups in total. The third kappa shape index (κ3) is 2.36. The third-order valence-corrected chi connectivity index (χ3v) is 2.19. The van der Waals surface area contributed by atoms with Crippen LogP contribution in [0.1, 0.15) is 5.56 Å². The Labute approximate surface area is 92.7 Å². The minimum absolute atomic E-state index is 0.152. The quantitative estimate of drug-likeness (QED) is 0.745. The Kier molecular flexibility index (Phi) is 2.82. The number of hydrogen-bond donors (Lipinski definition) is 2. The highest BCUT2D eigenvalue weighted by molar-refractivity contribution is 5.60. The van der Waals surface area contributed by atoms with E-state index in [4.69, 9.17) is 5.21 Å². The maximum Gasteiger partial charge on any atom is 0.316 e. The van der Waals surface area contributed by atoms with Crippen molar-refractivity contribution in [3.05, 3.63) is 64.9 Å². The topological polar surface area (TPSA) is 52.3 Å². The van der Waals surface area contributed by atoms with E-state index < -0.39 is 0 Å². The zero-order chi connectivity index (χ0) is 11.4. The molecule has 4 nitrogen and oxygen atoms in total. The molecule has 0 aromatic heterocycles. The zero-order valence-electron chi connectivity index (χ0n) is 8.50. The van der Waals surface area contributed by atoms with E-state index in [1.807, 2.05) is 30.6 Å². The molecule has 1 heterocycles. The molecule has 0 amide bonds. The van der Waals surface area contributed by atoms with Gasteiger partial charge in [-0.25, -0.2) is 5.21 Å². The van der Waals surface area contributed by atoms with E-state index in [1.54, 1.807) is 24.3 Å². The molecular formula is C12H11N2O2+. The van der Waals surface area contributed by atoms with Gasteiger partial charge in [-0.1, -0.05) is 0 Å². The average Bonchev–Trinajstić information content (AvgIpc) is 2.31. The first-order valence-electron chi connectivity index (χ1n) is 4.83. The van der Waals surface area contributed by atoms with Gasteiger partial charge in [0.15, 0.2) is 0 Å². The van der Waals surface area contributed by atoms with Crippen molar-refractivity contribution in [1.29, 1.82) is 0 Å². The molecule has 1 aliphatic rings. The molecule has 0 saturated carbocycles. The lowest BCUT2D eigenvalue weighted by Gasteiger charge is -2.01. The van der Waals surface area contributed by atoms with Gasteiger partial charge < -0.3 is 5.32 Å². The van der Waals surface area contributed by atoms with E-state index in [-0.39, 0.29) is 10.6 Å². The highest BCUT2D eigenvalue weighted by Gasteiger charge is 2.08. The van der Waals surface area contributed by atoms with E-state index in [1.165, 1.54) is 0 Å². The lowest BCUT2D eigenvalue weighted by molar-refractivity contribution is -0.729. The van der Waals surface area contributed by atoms with Crippen LogP contribution in [0.5, 0.6) is 0 Å². The summed E-state index contributed by atoms with van der Waals surface area (Å²) in [5.41, 5.74) is 2.25. The van der Waals surface area contributed by atoms with Gasteiger partial charge >= 0.3 is 5.69 Å². The number of nitrogens with one attached hydrogen (secondary N) is 1. The summed E-state index contributed by atoms with van der Waals surface area (Å²) < 4.78 is 0. The first-order valence-corrected chi connectivity index (χ1v) is 4.83. The molecule has 1 aliphatic heterocycles. The molecule has 4 heteroatoms. The van der Waals surface area contributed by atoms with Crippen LogP contribution < -0.4 is 5.32 Å². The van der Waals surface area contributed by atoms with Crippen LogP contribution in [-0.4, -0.2) is 10.1 Å². The van der Waals surface area contributed by atoms with Gasteiger partial charge in [0, 0.05) is 24.5 Å². The molecule has 0 unspecified atom stereocenters. The lowest BCUT2D eigenvalue weighted by atomic mass is 10.1. The fraction of sp³-hybridized carbons (Fsp3) is 0. The molecule has 0 aliphatic carbocycles. The maximum atomic E-state index is 10.6. The number of nitrogens with zero attached hydrogens (tertiary/aromatic N) is 1. The number of rotatable bonds is 2. The molecule has 0 atom stereocenters. The third-order valence-electron chi connectivity index (χ3n) is 2.19. The lowest BCUT2D eigenvalue weighted by Crippen LogP contribution is -1.96. The first-order chi connectivity index (χ1) is 7.75.